The van der Waals surface area contributed by atoms with E-state index < -0.39 is 5.97 Å². The number of fused-ring (bicyclic) bond motifs is 1. The Hall–Kier alpha value is -3.08. The first kappa shape index (κ1) is 17.7. The minimum Gasteiger partial charge on any atom is -0.465 e. The van der Waals surface area contributed by atoms with Crippen LogP contribution in [0.25, 0.3) is 11.0 Å². The highest BCUT2D eigenvalue weighted by Gasteiger charge is 2.14. The van der Waals surface area contributed by atoms with Crippen molar-refractivity contribution in [3.8, 4) is 0 Å². The van der Waals surface area contributed by atoms with Crippen LogP contribution in [0, 0.1) is 20.8 Å². The molecule has 0 spiro atoms. The lowest BCUT2D eigenvalue weighted by atomic mass is 10.0. The van der Waals surface area contributed by atoms with Crippen LogP contribution in [0.3, 0.4) is 0 Å². The van der Waals surface area contributed by atoms with Crippen molar-refractivity contribution in [3.05, 3.63) is 64.4 Å². The van der Waals surface area contributed by atoms with E-state index in [1.54, 1.807) is 24.5 Å². The van der Waals surface area contributed by atoms with E-state index in [-0.39, 0.29) is 12.3 Å². The Morgan fingerprint density at radius 3 is 2.54 bits per heavy atom. The van der Waals surface area contributed by atoms with Gasteiger partial charge in [-0.15, -0.1) is 0 Å². The van der Waals surface area contributed by atoms with Crippen LogP contribution in [0.2, 0.25) is 0 Å². The van der Waals surface area contributed by atoms with Gasteiger partial charge < -0.3 is 14.5 Å². The van der Waals surface area contributed by atoms with Crippen molar-refractivity contribution in [2.24, 2.45) is 0 Å². The topological polar surface area (TPSA) is 68.5 Å². The zero-order valence-electron chi connectivity index (χ0n) is 15.3. The molecule has 0 unspecified atom stereocenters. The largest absolute Gasteiger partial charge is 0.465 e. The number of esters is 1. The van der Waals surface area contributed by atoms with Gasteiger partial charge in [0.05, 0.1) is 25.4 Å². The van der Waals surface area contributed by atoms with Crippen molar-refractivity contribution in [1.29, 1.82) is 0 Å². The second-order valence-electron chi connectivity index (χ2n) is 6.39. The smallest absolute Gasteiger partial charge is 0.337 e. The number of amides is 1. The number of furan rings is 1. The fourth-order valence-corrected chi connectivity index (χ4v) is 2.94. The highest BCUT2D eigenvalue weighted by atomic mass is 16.5. The molecule has 0 aliphatic carbocycles. The van der Waals surface area contributed by atoms with E-state index in [1.165, 1.54) is 7.11 Å². The number of benzene rings is 2. The molecule has 3 rings (SSSR count). The molecule has 0 saturated heterocycles. The minimum absolute atomic E-state index is 0.139. The van der Waals surface area contributed by atoms with Gasteiger partial charge in [0, 0.05) is 16.6 Å². The van der Waals surface area contributed by atoms with Crippen LogP contribution in [-0.2, 0) is 16.0 Å². The molecule has 0 atom stereocenters. The number of rotatable bonds is 4. The normalized spacial score (nSPS) is 10.8. The molecule has 5 heteroatoms. The predicted molar refractivity (Wildman–Crippen MR) is 101 cm³/mol. The molecule has 1 amide bonds. The van der Waals surface area contributed by atoms with Crippen LogP contribution < -0.4 is 5.32 Å². The lowest BCUT2D eigenvalue weighted by Gasteiger charge is -2.09. The van der Waals surface area contributed by atoms with Gasteiger partial charge in [0.1, 0.15) is 5.58 Å². The summed E-state index contributed by atoms with van der Waals surface area (Å²) in [5.74, 6) is -0.540. The van der Waals surface area contributed by atoms with Crippen LogP contribution in [-0.4, -0.2) is 19.0 Å². The summed E-state index contributed by atoms with van der Waals surface area (Å²) in [6.45, 7) is 5.88. The van der Waals surface area contributed by atoms with E-state index in [4.69, 9.17) is 9.15 Å². The Kier molecular flexibility index (Phi) is 4.80. The van der Waals surface area contributed by atoms with Gasteiger partial charge in [0.25, 0.3) is 0 Å². The first-order valence-electron chi connectivity index (χ1n) is 8.35. The molecule has 0 aliphatic rings. The standard InChI is InChI=1S/C21H21NO4/c1-12-5-7-17-16(11-26-20(17)14(12)3)10-19(23)22-18-8-6-15(9-13(18)2)21(24)25-4/h5-9,11H,10H2,1-4H3,(H,22,23). The number of hydrogen-bond acceptors (Lipinski definition) is 4. The summed E-state index contributed by atoms with van der Waals surface area (Å²) in [6.07, 6.45) is 1.86. The maximum Gasteiger partial charge on any atom is 0.337 e. The first-order valence-corrected chi connectivity index (χ1v) is 8.35. The number of anilines is 1. The number of aryl methyl sites for hydroxylation is 3. The summed E-state index contributed by atoms with van der Waals surface area (Å²) in [5.41, 5.74) is 5.84. The Bertz CT molecular complexity index is 1000. The molecule has 0 aliphatic heterocycles. The van der Waals surface area contributed by atoms with Crippen molar-refractivity contribution >= 4 is 28.5 Å². The molecule has 1 heterocycles. The molecular formula is C21H21NO4. The summed E-state index contributed by atoms with van der Waals surface area (Å²) < 4.78 is 10.4. The van der Waals surface area contributed by atoms with Gasteiger partial charge in [-0.2, -0.15) is 0 Å². The fourth-order valence-electron chi connectivity index (χ4n) is 2.94. The third kappa shape index (κ3) is 3.33. The molecule has 1 N–H and O–H groups in total. The van der Waals surface area contributed by atoms with Crippen molar-refractivity contribution in [2.45, 2.75) is 27.2 Å². The maximum absolute atomic E-state index is 12.5. The molecule has 0 saturated carbocycles. The van der Waals surface area contributed by atoms with Crippen molar-refractivity contribution in [2.75, 3.05) is 12.4 Å². The Balaban J connectivity index is 1.78. The fraction of sp³-hybridized carbons (Fsp3) is 0.238. The van der Waals surface area contributed by atoms with Crippen molar-refractivity contribution in [1.82, 2.24) is 0 Å². The third-order valence-electron chi connectivity index (χ3n) is 4.61. The van der Waals surface area contributed by atoms with Gasteiger partial charge in [-0.25, -0.2) is 4.79 Å². The van der Waals surface area contributed by atoms with E-state index in [2.05, 4.69) is 5.32 Å². The average Bonchev–Trinajstić information content (AvgIpc) is 3.02. The molecule has 134 valence electrons. The molecule has 3 aromatic rings. The van der Waals surface area contributed by atoms with E-state index in [0.717, 1.165) is 33.2 Å². The molecular weight excluding hydrogens is 330 g/mol. The Morgan fingerprint density at radius 1 is 1.08 bits per heavy atom. The number of hydrogen-bond donors (Lipinski definition) is 1. The summed E-state index contributed by atoms with van der Waals surface area (Å²) in [7, 11) is 1.34. The number of nitrogens with one attached hydrogen (secondary N) is 1. The lowest BCUT2D eigenvalue weighted by Crippen LogP contribution is -2.15. The van der Waals surface area contributed by atoms with Gasteiger partial charge in [-0.3, -0.25) is 4.79 Å². The zero-order chi connectivity index (χ0) is 18.8. The Morgan fingerprint density at radius 2 is 1.85 bits per heavy atom. The third-order valence-corrected chi connectivity index (χ3v) is 4.61. The van der Waals surface area contributed by atoms with E-state index in [0.29, 0.717) is 11.3 Å². The Labute approximate surface area is 152 Å². The highest BCUT2D eigenvalue weighted by Crippen LogP contribution is 2.27. The van der Waals surface area contributed by atoms with Crippen LogP contribution in [0.4, 0.5) is 5.69 Å². The summed E-state index contributed by atoms with van der Waals surface area (Å²) in [4.78, 5) is 24.0. The van der Waals surface area contributed by atoms with Gasteiger partial charge >= 0.3 is 5.97 Å². The van der Waals surface area contributed by atoms with E-state index in [9.17, 15) is 9.59 Å². The van der Waals surface area contributed by atoms with Gasteiger partial charge in [0.2, 0.25) is 5.91 Å². The molecule has 0 bridgehead atoms. The highest BCUT2D eigenvalue weighted by molar-refractivity contribution is 5.97. The van der Waals surface area contributed by atoms with Gasteiger partial charge in [-0.1, -0.05) is 12.1 Å². The van der Waals surface area contributed by atoms with Crippen molar-refractivity contribution in [3.63, 3.8) is 0 Å². The van der Waals surface area contributed by atoms with Crippen molar-refractivity contribution < 1.29 is 18.7 Å². The van der Waals surface area contributed by atoms with E-state index in [1.807, 2.05) is 32.9 Å². The second kappa shape index (κ2) is 7.04. The number of methoxy groups -OCH3 is 1. The summed E-state index contributed by atoms with van der Waals surface area (Å²) in [6, 6.07) is 9.06. The maximum atomic E-state index is 12.5. The van der Waals surface area contributed by atoms with Crippen LogP contribution in [0.15, 0.2) is 41.0 Å². The number of carbonyl (C=O) groups excluding carboxylic acids is 2. The first-order chi connectivity index (χ1) is 12.4. The molecule has 2 aromatic carbocycles. The summed E-state index contributed by atoms with van der Waals surface area (Å²) >= 11 is 0. The molecule has 1 aromatic heterocycles. The minimum atomic E-state index is -0.401. The van der Waals surface area contributed by atoms with Gasteiger partial charge in [-0.05, 0) is 55.7 Å². The number of carbonyl (C=O) groups is 2. The molecule has 0 fully saturated rings. The van der Waals surface area contributed by atoms with Crippen LogP contribution in [0.5, 0.6) is 0 Å². The summed E-state index contributed by atoms with van der Waals surface area (Å²) in [5, 5.41) is 3.85. The quantitative estimate of drug-likeness (QED) is 0.711. The molecule has 26 heavy (non-hydrogen) atoms. The predicted octanol–water partition coefficient (Wildman–Crippen LogP) is 4.33. The monoisotopic (exact) mass is 351 g/mol. The lowest BCUT2D eigenvalue weighted by molar-refractivity contribution is -0.115. The van der Waals surface area contributed by atoms with Crippen LogP contribution in [0.1, 0.15) is 32.6 Å². The van der Waals surface area contributed by atoms with Crippen LogP contribution >= 0.6 is 0 Å². The van der Waals surface area contributed by atoms with E-state index >= 15 is 0 Å². The average molecular weight is 351 g/mol. The SMILES string of the molecule is COC(=O)c1ccc(NC(=O)Cc2coc3c(C)c(C)ccc23)c(C)c1. The van der Waals surface area contributed by atoms with Gasteiger partial charge in [0.15, 0.2) is 0 Å². The number of ether oxygens (including phenoxy) is 1. The molecule has 0 radical (unpaired) electrons. The second-order valence-corrected chi connectivity index (χ2v) is 6.39. The molecule has 5 nitrogen and oxygen atoms in total. The zero-order valence-corrected chi connectivity index (χ0v) is 15.3.